The van der Waals surface area contributed by atoms with Crippen molar-refractivity contribution >= 4 is 0 Å². The summed E-state index contributed by atoms with van der Waals surface area (Å²) in [5.41, 5.74) is 0. The molecule has 0 aliphatic heterocycles. The van der Waals surface area contributed by atoms with Crippen molar-refractivity contribution in [2.45, 2.75) is 51.7 Å². The number of alkyl halides is 3. The third kappa shape index (κ3) is 6.05. The van der Waals surface area contributed by atoms with E-state index in [1.54, 1.807) is 0 Å². The van der Waals surface area contributed by atoms with Crippen LogP contribution < -0.4 is 5.32 Å². The summed E-state index contributed by atoms with van der Waals surface area (Å²) < 4.78 is 41.0. The summed E-state index contributed by atoms with van der Waals surface area (Å²) >= 11 is 0. The molecule has 0 radical (unpaired) electrons. The third-order valence-corrected chi connectivity index (χ3v) is 3.58. The lowest BCUT2D eigenvalue weighted by molar-refractivity contribution is -0.176. The van der Waals surface area contributed by atoms with Gasteiger partial charge in [-0.25, -0.2) is 0 Å². The Morgan fingerprint density at radius 3 is 2.61 bits per heavy atom. The predicted molar refractivity (Wildman–Crippen MR) is 65.5 cm³/mol. The van der Waals surface area contributed by atoms with Crippen molar-refractivity contribution in [3.63, 3.8) is 0 Å². The molecule has 1 fully saturated rings. The van der Waals surface area contributed by atoms with Crippen molar-refractivity contribution in [2.24, 2.45) is 11.8 Å². The van der Waals surface area contributed by atoms with Crippen LogP contribution in [0.3, 0.4) is 0 Å². The van der Waals surface area contributed by atoms with E-state index in [0.717, 1.165) is 19.4 Å². The Bertz CT molecular complexity index is 233. The van der Waals surface area contributed by atoms with Crippen LogP contribution in [0.15, 0.2) is 0 Å². The quantitative estimate of drug-likeness (QED) is 0.796. The smallest absolute Gasteiger partial charge is 0.370 e. The zero-order valence-electron chi connectivity index (χ0n) is 11.2. The largest absolute Gasteiger partial charge is 0.411 e. The molecule has 2 nitrogen and oxygen atoms in total. The highest BCUT2D eigenvalue weighted by molar-refractivity contribution is 4.81. The van der Waals surface area contributed by atoms with Crippen molar-refractivity contribution in [1.29, 1.82) is 0 Å². The molecule has 0 aromatic rings. The number of hydrogen-bond donors (Lipinski definition) is 1. The van der Waals surface area contributed by atoms with Gasteiger partial charge < -0.3 is 10.1 Å². The second kappa shape index (κ2) is 7.34. The van der Waals surface area contributed by atoms with Crippen LogP contribution in [0.1, 0.15) is 39.5 Å². The van der Waals surface area contributed by atoms with Gasteiger partial charge in [0.2, 0.25) is 0 Å². The molecule has 0 bridgehead atoms. The Hall–Kier alpha value is -0.290. The Morgan fingerprint density at radius 1 is 1.33 bits per heavy atom. The molecule has 1 aliphatic carbocycles. The van der Waals surface area contributed by atoms with E-state index in [4.69, 9.17) is 4.74 Å². The summed E-state index contributed by atoms with van der Waals surface area (Å²) in [4.78, 5) is 0. The first-order chi connectivity index (χ1) is 8.42. The van der Waals surface area contributed by atoms with Gasteiger partial charge >= 0.3 is 6.18 Å². The molecule has 0 saturated heterocycles. The van der Waals surface area contributed by atoms with E-state index in [1.807, 2.05) is 6.92 Å². The Labute approximate surface area is 107 Å². The molecule has 1 N–H and O–H groups in total. The molecule has 3 atom stereocenters. The van der Waals surface area contributed by atoms with Gasteiger partial charge in [0, 0.05) is 6.04 Å². The van der Waals surface area contributed by atoms with Gasteiger partial charge in [-0.05, 0) is 31.2 Å². The summed E-state index contributed by atoms with van der Waals surface area (Å²) in [5.74, 6) is 1.12. The van der Waals surface area contributed by atoms with Gasteiger partial charge in [0.25, 0.3) is 0 Å². The van der Waals surface area contributed by atoms with Crippen molar-refractivity contribution in [3.8, 4) is 0 Å². The van der Waals surface area contributed by atoms with Crippen LogP contribution >= 0.6 is 0 Å². The van der Waals surface area contributed by atoms with Crippen molar-refractivity contribution in [3.05, 3.63) is 0 Å². The minimum Gasteiger partial charge on any atom is -0.370 e. The van der Waals surface area contributed by atoms with E-state index < -0.39 is 12.8 Å². The van der Waals surface area contributed by atoms with Gasteiger partial charge in [-0.15, -0.1) is 0 Å². The molecule has 18 heavy (non-hydrogen) atoms. The van der Waals surface area contributed by atoms with Crippen LogP contribution in [0.5, 0.6) is 0 Å². The van der Waals surface area contributed by atoms with E-state index >= 15 is 0 Å². The monoisotopic (exact) mass is 267 g/mol. The van der Waals surface area contributed by atoms with Gasteiger partial charge in [-0.2, -0.15) is 13.2 Å². The summed E-state index contributed by atoms with van der Waals surface area (Å²) in [5, 5.41) is 3.27. The fourth-order valence-corrected chi connectivity index (χ4v) is 2.77. The van der Waals surface area contributed by atoms with Gasteiger partial charge in [-0.3, -0.25) is 0 Å². The SMILES string of the molecule is CCNC(COCC(F)(F)F)C1CCCC(C)C1. The first-order valence-corrected chi connectivity index (χ1v) is 6.80. The van der Waals surface area contributed by atoms with Gasteiger partial charge in [0.15, 0.2) is 0 Å². The molecule has 0 heterocycles. The molecule has 1 aliphatic rings. The Morgan fingerprint density at radius 2 is 2.06 bits per heavy atom. The molecule has 108 valence electrons. The normalized spacial score (nSPS) is 27.2. The van der Waals surface area contributed by atoms with E-state index in [0.29, 0.717) is 11.8 Å². The highest BCUT2D eigenvalue weighted by atomic mass is 19.4. The molecule has 1 rings (SSSR count). The molecule has 0 aromatic heterocycles. The van der Waals surface area contributed by atoms with Gasteiger partial charge in [0.1, 0.15) is 6.61 Å². The van der Waals surface area contributed by atoms with Crippen LogP contribution in [0, 0.1) is 11.8 Å². The number of likely N-dealkylation sites (N-methyl/N-ethyl adjacent to an activating group) is 1. The Kier molecular flexibility index (Phi) is 6.43. The summed E-state index contributed by atoms with van der Waals surface area (Å²) in [6.07, 6.45) is 0.368. The summed E-state index contributed by atoms with van der Waals surface area (Å²) in [6, 6.07) is 0.0556. The highest BCUT2D eigenvalue weighted by Gasteiger charge is 2.30. The lowest BCUT2D eigenvalue weighted by Gasteiger charge is -2.33. The van der Waals surface area contributed by atoms with Crippen LogP contribution in [-0.2, 0) is 4.74 Å². The number of nitrogens with one attached hydrogen (secondary N) is 1. The average molecular weight is 267 g/mol. The van der Waals surface area contributed by atoms with Crippen LogP contribution in [0.25, 0.3) is 0 Å². The number of halogens is 3. The second-order valence-corrected chi connectivity index (χ2v) is 5.33. The standard InChI is InChI=1S/C13H24F3NO/c1-3-17-12(8-18-9-13(14,15)16)11-6-4-5-10(2)7-11/h10-12,17H,3-9H2,1-2H3. The first kappa shape index (κ1) is 15.8. The van der Waals surface area contributed by atoms with E-state index in [2.05, 4.69) is 12.2 Å². The van der Waals surface area contributed by atoms with Gasteiger partial charge in [0.05, 0.1) is 6.61 Å². The fourth-order valence-electron chi connectivity index (χ4n) is 2.77. The van der Waals surface area contributed by atoms with Crippen molar-refractivity contribution in [1.82, 2.24) is 5.32 Å². The topological polar surface area (TPSA) is 21.3 Å². The molecule has 1 saturated carbocycles. The number of rotatable bonds is 6. The predicted octanol–water partition coefficient (Wildman–Crippen LogP) is 3.37. The number of ether oxygens (including phenoxy) is 1. The third-order valence-electron chi connectivity index (χ3n) is 3.58. The summed E-state index contributed by atoms with van der Waals surface area (Å²) in [6.45, 7) is 3.97. The maximum atomic E-state index is 12.1. The maximum Gasteiger partial charge on any atom is 0.411 e. The average Bonchev–Trinajstić information content (AvgIpc) is 2.26. The van der Waals surface area contributed by atoms with Crippen molar-refractivity contribution < 1.29 is 17.9 Å². The van der Waals surface area contributed by atoms with E-state index in [1.165, 1.54) is 12.8 Å². The van der Waals surface area contributed by atoms with Crippen molar-refractivity contribution in [2.75, 3.05) is 19.8 Å². The fraction of sp³-hybridized carbons (Fsp3) is 1.00. The zero-order chi connectivity index (χ0) is 13.6. The molecule has 0 spiro atoms. The highest BCUT2D eigenvalue weighted by Crippen LogP contribution is 2.31. The first-order valence-electron chi connectivity index (χ1n) is 6.80. The molecular formula is C13H24F3NO. The molecule has 0 aromatic carbocycles. The lowest BCUT2D eigenvalue weighted by Crippen LogP contribution is -2.42. The molecular weight excluding hydrogens is 243 g/mol. The van der Waals surface area contributed by atoms with E-state index in [-0.39, 0.29) is 12.6 Å². The van der Waals surface area contributed by atoms with Crippen LogP contribution in [0.4, 0.5) is 13.2 Å². The van der Waals surface area contributed by atoms with E-state index in [9.17, 15) is 13.2 Å². The summed E-state index contributed by atoms with van der Waals surface area (Å²) in [7, 11) is 0. The molecule has 0 amide bonds. The van der Waals surface area contributed by atoms with Crippen LogP contribution in [0.2, 0.25) is 0 Å². The maximum absolute atomic E-state index is 12.1. The minimum atomic E-state index is -4.23. The second-order valence-electron chi connectivity index (χ2n) is 5.33. The molecule has 5 heteroatoms. The molecule has 3 unspecified atom stereocenters. The van der Waals surface area contributed by atoms with Crippen LogP contribution in [-0.4, -0.2) is 32.0 Å². The zero-order valence-corrected chi connectivity index (χ0v) is 11.2. The number of hydrogen-bond acceptors (Lipinski definition) is 2. The Balaban J connectivity index is 2.38. The minimum absolute atomic E-state index is 0.0556. The van der Waals surface area contributed by atoms with Gasteiger partial charge in [-0.1, -0.05) is 26.7 Å². The lowest BCUT2D eigenvalue weighted by atomic mass is 9.79.